The number of H-pyrrole nitrogens is 1. The van der Waals surface area contributed by atoms with Crippen LogP contribution in [0.15, 0.2) is 28.7 Å². The number of hydrazine groups is 1. The summed E-state index contributed by atoms with van der Waals surface area (Å²) in [5, 5.41) is 9.81. The van der Waals surface area contributed by atoms with Crippen molar-refractivity contribution in [2.45, 2.75) is 38.5 Å². The van der Waals surface area contributed by atoms with Crippen molar-refractivity contribution in [3.05, 3.63) is 44.9 Å². The van der Waals surface area contributed by atoms with Crippen LogP contribution in [-0.2, 0) is 17.9 Å². The second kappa shape index (κ2) is 7.56. The molecule has 128 valence electrons. The van der Waals surface area contributed by atoms with Crippen LogP contribution in [0.1, 0.15) is 30.8 Å². The smallest absolute Gasteiger partial charge is 0.238 e. The van der Waals surface area contributed by atoms with Crippen molar-refractivity contribution >= 4 is 34.1 Å². The highest BCUT2D eigenvalue weighted by molar-refractivity contribution is 9.10. The van der Waals surface area contributed by atoms with Gasteiger partial charge < -0.3 is 9.88 Å². The van der Waals surface area contributed by atoms with E-state index in [1.165, 1.54) is 0 Å². The van der Waals surface area contributed by atoms with Gasteiger partial charge in [-0.15, -0.1) is 0 Å². The monoisotopic (exact) mass is 410 g/mol. The number of aromatic amines is 1. The molecule has 1 aromatic heterocycles. The van der Waals surface area contributed by atoms with Crippen molar-refractivity contribution in [3.63, 3.8) is 0 Å². The number of rotatable bonds is 5. The molecule has 1 saturated heterocycles. The van der Waals surface area contributed by atoms with E-state index < -0.39 is 0 Å². The molecule has 1 amide bonds. The maximum atomic E-state index is 12.4. The fourth-order valence-corrected chi connectivity index (χ4v) is 3.29. The van der Waals surface area contributed by atoms with E-state index in [4.69, 9.17) is 12.2 Å². The molecule has 2 aromatic rings. The minimum absolute atomic E-state index is 0.0568. The van der Waals surface area contributed by atoms with Crippen LogP contribution >= 0.6 is 28.1 Å². The summed E-state index contributed by atoms with van der Waals surface area (Å²) in [6, 6.07) is 7.91. The van der Waals surface area contributed by atoms with Crippen molar-refractivity contribution in [2.75, 3.05) is 0 Å². The lowest BCUT2D eigenvalue weighted by atomic mass is 10.0. The summed E-state index contributed by atoms with van der Waals surface area (Å²) in [6.45, 7) is 3.05. The van der Waals surface area contributed by atoms with Gasteiger partial charge in [-0.1, -0.05) is 28.1 Å². The fraction of sp³-hybridized carbons (Fsp3) is 0.400. The normalized spacial score (nSPS) is 20.2. The first-order valence-electron chi connectivity index (χ1n) is 7.76. The Morgan fingerprint density at radius 2 is 2.17 bits per heavy atom. The van der Waals surface area contributed by atoms with Crippen LogP contribution in [0.5, 0.6) is 0 Å². The van der Waals surface area contributed by atoms with Crippen LogP contribution in [0.25, 0.3) is 0 Å². The fourth-order valence-electron chi connectivity index (χ4n) is 2.74. The number of hydrogen-bond donors (Lipinski definition) is 4. The third-order valence-electron chi connectivity index (χ3n) is 4.07. The van der Waals surface area contributed by atoms with Gasteiger partial charge in [-0.3, -0.25) is 9.89 Å². The molecule has 7 nitrogen and oxygen atoms in total. The van der Waals surface area contributed by atoms with Crippen LogP contribution < -0.4 is 16.2 Å². The zero-order chi connectivity index (χ0) is 17.1. The Morgan fingerprint density at radius 3 is 2.88 bits per heavy atom. The number of nitrogens with zero attached hydrogens (tertiary/aromatic N) is 2. The van der Waals surface area contributed by atoms with Gasteiger partial charge in [0.1, 0.15) is 6.04 Å². The van der Waals surface area contributed by atoms with E-state index in [9.17, 15) is 4.79 Å². The van der Waals surface area contributed by atoms with Gasteiger partial charge in [0.2, 0.25) is 5.91 Å². The predicted molar refractivity (Wildman–Crippen MR) is 96.5 cm³/mol. The number of nitrogens with one attached hydrogen (secondary N) is 4. The number of carbonyl (C=O) groups is 1. The zero-order valence-electron chi connectivity index (χ0n) is 13.2. The summed E-state index contributed by atoms with van der Waals surface area (Å²) in [4.78, 5) is 12.4. The molecule has 1 aliphatic heterocycles. The molecule has 1 aliphatic rings. The molecule has 24 heavy (non-hydrogen) atoms. The average Bonchev–Trinajstić information content (AvgIpc) is 3.20. The molecule has 9 heteroatoms. The molecule has 2 unspecified atom stereocenters. The molecule has 1 aromatic carbocycles. The maximum absolute atomic E-state index is 12.4. The van der Waals surface area contributed by atoms with E-state index in [1.54, 1.807) is 0 Å². The van der Waals surface area contributed by atoms with Crippen LogP contribution in [0, 0.1) is 4.77 Å². The first-order valence-corrected chi connectivity index (χ1v) is 8.97. The van der Waals surface area contributed by atoms with Crippen LogP contribution in [0.2, 0.25) is 0 Å². The third kappa shape index (κ3) is 3.75. The second-order valence-corrected chi connectivity index (χ2v) is 6.89. The number of halogens is 1. The van der Waals surface area contributed by atoms with Gasteiger partial charge in [0.05, 0.1) is 6.54 Å². The first-order chi connectivity index (χ1) is 11.6. The van der Waals surface area contributed by atoms with Crippen molar-refractivity contribution < 1.29 is 4.79 Å². The Balaban J connectivity index is 1.56. The van der Waals surface area contributed by atoms with Crippen molar-refractivity contribution in [1.29, 1.82) is 0 Å². The largest absolute Gasteiger partial charge is 0.347 e. The van der Waals surface area contributed by atoms with Gasteiger partial charge in [-0.05, 0) is 43.3 Å². The molecule has 0 saturated carbocycles. The molecule has 2 atom stereocenters. The number of aromatic nitrogens is 3. The number of hydrogen-bond acceptors (Lipinski definition) is 5. The standard InChI is InChI=1S/C15H19BrN6OS/c1-2-22-13(20-21-15(22)24)8-17-14(23)12-7-11(18-19-12)9-3-5-10(16)6-4-9/h3-6,11-12,18-19H,2,7-8H2,1H3,(H,17,23)(H,21,24). The second-order valence-electron chi connectivity index (χ2n) is 5.59. The molecule has 0 spiro atoms. The summed E-state index contributed by atoms with van der Waals surface area (Å²) in [5.74, 6) is 0.671. The highest BCUT2D eigenvalue weighted by atomic mass is 79.9. The minimum atomic E-state index is -0.282. The van der Waals surface area contributed by atoms with Gasteiger partial charge in [-0.25, -0.2) is 10.9 Å². The quantitative estimate of drug-likeness (QED) is 0.565. The highest BCUT2D eigenvalue weighted by Crippen LogP contribution is 2.23. The van der Waals surface area contributed by atoms with Crippen molar-refractivity contribution in [3.8, 4) is 0 Å². The average molecular weight is 411 g/mol. The van der Waals surface area contributed by atoms with Gasteiger partial charge in [0, 0.05) is 17.1 Å². The molecule has 1 fully saturated rings. The molecule has 4 N–H and O–H groups in total. The van der Waals surface area contributed by atoms with Crippen molar-refractivity contribution in [1.82, 2.24) is 30.9 Å². The predicted octanol–water partition coefficient (Wildman–Crippen LogP) is 1.95. The first kappa shape index (κ1) is 17.3. The molecule has 0 radical (unpaired) electrons. The van der Waals surface area contributed by atoms with E-state index in [-0.39, 0.29) is 18.0 Å². The topological polar surface area (TPSA) is 86.8 Å². The Morgan fingerprint density at radius 1 is 1.42 bits per heavy atom. The number of benzene rings is 1. The molecular weight excluding hydrogens is 392 g/mol. The van der Waals surface area contributed by atoms with E-state index in [0.717, 1.165) is 22.4 Å². The van der Waals surface area contributed by atoms with Crippen LogP contribution in [0.4, 0.5) is 0 Å². The lowest BCUT2D eigenvalue weighted by Crippen LogP contribution is -2.43. The minimum Gasteiger partial charge on any atom is -0.347 e. The summed E-state index contributed by atoms with van der Waals surface area (Å²) < 4.78 is 3.47. The maximum Gasteiger partial charge on any atom is 0.238 e. The molecule has 2 heterocycles. The van der Waals surface area contributed by atoms with Crippen LogP contribution in [0.3, 0.4) is 0 Å². The SMILES string of the molecule is CCn1c(CNC(=O)C2CC(c3ccc(Br)cc3)NN2)n[nH]c1=S. The van der Waals surface area contributed by atoms with Gasteiger partial charge in [0.15, 0.2) is 10.6 Å². The van der Waals surface area contributed by atoms with E-state index >= 15 is 0 Å². The molecule has 0 bridgehead atoms. The summed E-state index contributed by atoms with van der Waals surface area (Å²) >= 11 is 8.57. The van der Waals surface area contributed by atoms with Crippen molar-refractivity contribution in [2.24, 2.45) is 0 Å². The van der Waals surface area contributed by atoms with Gasteiger partial charge in [0.25, 0.3) is 0 Å². The molecular formula is C15H19BrN6OS. The third-order valence-corrected chi connectivity index (χ3v) is 4.91. The zero-order valence-corrected chi connectivity index (χ0v) is 15.6. The number of carbonyl (C=O) groups excluding carboxylic acids is 1. The van der Waals surface area contributed by atoms with E-state index in [0.29, 0.717) is 17.7 Å². The Hall–Kier alpha value is -1.55. The summed E-state index contributed by atoms with van der Waals surface area (Å²) in [7, 11) is 0. The number of amides is 1. The Bertz CT molecular complexity index is 771. The van der Waals surface area contributed by atoms with Gasteiger partial charge in [-0.2, -0.15) is 5.10 Å². The van der Waals surface area contributed by atoms with E-state index in [2.05, 4.69) is 42.3 Å². The van der Waals surface area contributed by atoms with E-state index in [1.807, 2.05) is 35.8 Å². The lowest BCUT2D eigenvalue weighted by Gasteiger charge is -2.11. The lowest BCUT2D eigenvalue weighted by molar-refractivity contribution is -0.123. The highest BCUT2D eigenvalue weighted by Gasteiger charge is 2.30. The molecule has 0 aliphatic carbocycles. The van der Waals surface area contributed by atoms with Gasteiger partial charge >= 0.3 is 0 Å². The molecule has 3 rings (SSSR count). The summed E-state index contributed by atoms with van der Waals surface area (Å²) in [5.41, 5.74) is 7.38. The Labute approximate surface area is 153 Å². The Kier molecular flexibility index (Phi) is 5.44. The summed E-state index contributed by atoms with van der Waals surface area (Å²) in [6.07, 6.45) is 0.689. The van der Waals surface area contributed by atoms with Crippen LogP contribution in [-0.4, -0.2) is 26.7 Å².